The van der Waals surface area contributed by atoms with Crippen molar-refractivity contribution in [3.05, 3.63) is 36.5 Å². The van der Waals surface area contributed by atoms with E-state index in [1.165, 1.54) is 0 Å². The van der Waals surface area contributed by atoms with Gasteiger partial charge < -0.3 is 9.31 Å². The van der Waals surface area contributed by atoms with Gasteiger partial charge in [-0.15, -0.1) is 0 Å². The first kappa shape index (κ1) is 14.5. The van der Waals surface area contributed by atoms with Crippen LogP contribution in [0, 0.1) is 5.92 Å². The molecule has 0 N–H and O–H groups in total. The predicted octanol–water partition coefficient (Wildman–Crippen LogP) is 3.17. The minimum absolute atomic E-state index is 0.304. The Morgan fingerprint density at radius 1 is 1.10 bits per heavy atom. The summed E-state index contributed by atoms with van der Waals surface area (Å²) < 4.78 is 12.5. The Morgan fingerprint density at radius 3 is 2.52 bits per heavy atom. The molecule has 0 aliphatic carbocycles. The molecule has 0 spiro atoms. The maximum absolute atomic E-state index is 6.32. The Balaban J connectivity index is 1.97. The Kier molecular flexibility index (Phi) is 3.34. The van der Waals surface area contributed by atoms with E-state index in [-0.39, 0.29) is 18.3 Å². The van der Waals surface area contributed by atoms with Crippen LogP contribution in [-0.2, 0) is 9.31 Å². The van der Waals surface area contributed by atoms with Gasteiger partial charge in [0.05, 0.1) is 16.7 Å². The summed E-state index contributed by atoms with van der Waals surface area (Å²) in [7, 11) is -0.322. The fourth-order valence-electron chi connectivity index (χ4n) is 2.98. The summed E-state index contributed by atoms with van der Waals surface area (Å²) in [5.41, 5.74) is 1.41. The van der Waals surface area contributed by atoms with Crippen LogP contribution in [-0.4, -0.2) is 23.3 Å². The molecule has 1 saturated heterocycles. The van der Waals surface area contributed by atoms with Crippen LogP contribution in [0.4, 0.5) is 0 Å². The molecule has 1 aromatic heterocycles. The summed E-state index contributed by atoms with van der Waals surface area (Å²) in [5, 5.41) is 1.11. The summed E-state index contributed by atoms with van der Waals surface area (Å²) >= 11 is 0. The zero-order valence-corrected chi connectivity index (χ0v) is 13.4. The highest BCUT2D eigenvalue weighted by Gasteiger charge is 2.55. The molecule has 110 valence electrons. The highest BCUT2D eigenvalue weighted by atomic mass is 16.7. The number of rotatable bonds is 2. The maximum Gasteiger partial charge on any atom is 0.494 e. The zero-order chi connectivity index (χ0) is 15.3. The molecule has 1 aromatic carbocycles. The second-order valence-corrected chi connectivity index (χ2v) is 6.80. The monoisotopic (exact) mass is 283 g/mol. The van der Waals surface area contributed by atoms with Gasteiger partial charge in [-0.2, -0.15) is 0 Å². The van der Waals surface area contributed by atoms with Crippen LogP contribution in [0.3, 0.4) is 0 Å². The minimum atomic E-state index is -0.324. The molecule has 1 unspecified atom stereocenters. The fourth-order valence-corrected chi connectivity index (χ4v) is 2.98. The summed E-state index contributed by atoms with van der Waals surface area (Å²) in [6.07, 6.45) is 1.81. The van der Waals surface area contributed by atoms with Crippen molar-refractivity contribution in [2.45, 2.75) is 45.8 Å². The Labute approximate surface area is 126 Å². The van der Waals surface area contributed by atoms with E-state index >= 15 is 0 Å². The molecule has 21 heavy (non-hydrogen) atoms. The summed E-state index contributed by atoms with van der Waals surface area (Å²) in [5.74, 6) is 0.375. The Bertz CT molecular complexity index is 671. The van der Waals surface area contributed by atoms with Crippen LogP contribution in [0.25, 0.3) is 10.9 Å². The van der Waals surface area contributed by atoms with E-state index < -0.39 is 0 Å². The molecular weight excluding hydrogens is 261 g/mol. The third-order valence-electron chi connectivity index (χ3n) is 4.95. The topological polar surface area (TPSA) is 31.4 Å². The van der Waals surface area contributed by atoms with Gasteiger partial charge in [-0.05, 0) is 49.7 Å². The molecule has 0 radical (unpaired) electrons. The number of fused-ring (bicyclic) bond motifs is 1. The molecule has 2 heterocycles. The molecule has 0 bridgehead atoms. The first-order valence-electron chi connectivity index (χ1n) is 7.54. The first-order chi connectivity index (χ1) is 9.83. The van der Waals surface area contributed by atoms with E-state index in [2.05, 4.69) is 51.7 Å². The molecule has 1 aliphatic heterocycles. The predicted molar refractivity (Wildman–Crippen MR) is 86.6 cm³/mol. The molecule has 1 atom stereocenters. The SMILES string of the molecule is CC(C)C1(C)OB(c2ccc3ncccc3c2)OC1(C)C. The van der Waals surface area contributed by atoms with Crippen LogP contribution >= 0.6 is 0 Å². The van der Waals surface area contributed by atoms with E-state index in [4.69, 9.17) is 9.31 Å². The Morgan fingerprint density at radius 2 is 1.86 bits per heavy atom. The zero-order valence-electron chi connectivity index (χ0n) is 13.4. The van der Waals surface area contributed by atoms with Crippen LogP contribution in [0.5, 0.6) is 0 Å². The lowest BCUT2D eigenvalue weighted by Gasteiger charge is -2.39. The molecule has 0 saturated carbocycles. The smallest absolute Gasteiger partial charge is 0.399 e. The van der Waals surface area contributed by atoms with Crippen LogP contribution < -0.4 is 5.46 Å². The minimum Gasteiger partial charge on any atom is -0.399 e. The molecule has 1 fully saturated rings. The quantitative estimate of drug-likeness (QED) is 0.793. The second kappa shape index (κ2) is 4.82. The van der Waals surface area contributed by atoms with Gasteiger partial charge in [0.25, 0.3) is 0 Å². The lowest BCUT2D eigenvalue weighted by atomic mass is 9.78. The number of benzene rings is 1. The number of nitrogens with zero attached hydrogens (tertiary/aromatic N) is 1. The second-order valence-electron chi connectivity index (χ2n) is 6.80. The van der Waals surface area contributed by atoms with E-state index in [0.29, 0.717) is 5.92 Å². The molecule has 1 aliphatic rings. The Hall–Kier alpha value is -1.39. The third-order valence-corrected chi connectivity index (χ3v) is 4.95. The standard InChI is InChI=1S/C17H22BNO2/c1-12(2)17(5)16(3,4)20-18(21-17)14-8-9-15-13(11-14)7-6-10-19-15/h6-12H,1-5H3. The number of aromatic nitrogens is 1. The van der Waals surface area contributed by atoms with Crippen LogP contribution in [0.15, 0.2) is 36.5 Å². The van der Waals surface area contributed by atoms with Gasteiger partial charge in [0.1, 0.15) is 0 Å². The van der Waals surface area contributed by atoms with Gasteiger partial charge in [-0.1, -0.05) is 32.0 Å². The van der Waals surface area contributed by atoms with Crippen molar-refractivity contribution in [2.24, 2.45) is 5.92 Å². The lowest BCUT2D eigenvalue weighted by Crippen LogP contribution is -2.48. The highest BCUT2D eigenvalue weighted by molar-refractivity contribution is 6.62. The van der Waals surface area contributed by atoms with Crippen molar-refractivity contribution in [1.29, 1.82) is 0 Å². The molecule has 3 rings (SSSR count). The maximum atomic E-state index is 6.32. The first-order valence-corrected chi connectivity index (χ1v) is 7.54. The van der Waals surface area contributed by atoms with Crippen molar-refractivity contribution >= 4 is 23.5 Å². The highest BCUT2D eigenvalue weighted by Crippen LogP contribution is 2.42. The van der Waals surface area contributed by atoms with Gasteiger partial charge in [0.2, 0.25) is 0 Å². The van der Waals surface area contributed by atoms with Crippen molar-refractivity contribution in [3.63, 3.8) is 0 Å². The molecule has 3 nitrogen and oxygen atoms in total. The van der Waals surface area contributed by atoms with Gasteiger partial charge in [-0.3, -0.25) is 4.98 Å². The third kappa shape index (κ3) is 2.27. The molecule has 4 heteroatoms. The fraction of sp³-hybridized carbons (Fsp3) is 0.471. The summed E-state index contributed by atoms with van der Waals surface area (Å²) in [6, 6.07) is 10.2. The van der Waals surface area contributed by atoms with E-state index in [9.17, 15) is 0 Å². The van der Waals surface area contributed by atoms with E-state index in [1.807, 2.05) is 24.4 Å². The van der Waals surface area contributed by atoms with Crippen molar-refractivity contribution < 1.29 is 9.31 Å². The van der Waals surface area contributed by atoms with Crippen LogP contribution in [0.2, 0.25) is 0 Å². The lowest BCUT2D eigenvalue weighted by molar-refractivity contribution is -0.0435. The molecule has 2 aromatic rings. The number of hydrogen-bond donors (Lipinski definition) is 0. The van der Waals surface area contributed by atoms with Crippen molar-refractivity contribution in [1.82, 2.24) is 4.98 Å². The number of pyridine rings is 1. The van der Waals surface area contributed by atoms with Gasteiger partial charge in [-0.25, -0.2) is 0 Å². The normalized spacial score (nSPS) is 25.0. The van der Waals surface area contributed by atoms with Gasteiger partial charge in [0, 0.05) is 6.20 Å². The van der Waals surface area contributed by atoms with Crippen molar-refractivity contribution in [2.75, 3.05) is 0 Å². The summed E-state index contributed by atoms with van der Waals surface area (Å²) in [4.78, 5) is 4.35. The van der Waals surface area contributed by atoms with Crippen LogP contribution in [0.1, 0.15) is 34.6 Å². The molecule has 0 amide bonds. The van der Waals surface area contributed by atoms with Crippen molar-refractivity contribution in [3.8, 4) is 0 Å². The average molecular weight is 283 g/mol. The van der Waals surface area contributed by atoms with E-state index in [0.717, 1.165) is 16.4 Å². The van der Waals surface area contributed by atoms with Gasteiger partial charge >= 0.3 is 7.12 Å². The van der Waals surface area contributed by atoms with Gasteiger partial charge in [0.15, 0.2) is 0 Å². The summed E-state index contributed by atoms with van der Waals surface area (Å²) in [6.45, 7) is 10.7. The molecular formula is C17H22BNO2. The van der Waals surface area contributed by atoms with E-state index in [1.54, 1.807) is 0 Å². The number of hydrogen-bond acceptors (Lipinski definition) is 3. The average Bonchev–Trinajstić information content (AvgIpc) is 2.70. The largest absolute Gasteiger partial charge is 0.494 e.